The number of fused-ring (bicyclic) bond motifs is 2. The first-order valence-electron chi connectivity index (χ1n) is 15.3. The number of halogens is 8. The molecule has 18 heteroatoms. The van der Waals surface area contributed by atoms with Crippen LogP contribution in [0.15, 0.2) is 60.3 Å². The summed E-state index contributed by atoms with van der Waals surface area (Å²) < 4.78 is 118. The number of pyridine rings is 1. The van der Waals surface area contributed by atoms with Crippen molar-refractivity contribution in [3.05, 3.63) is 104 Å². The third-order valence-electron chi connectivity index (χ3n) is 8.74. The number of amides is 1. The van der Waals surface area contributed by atoms with Crippen molar-refractivity contribution >= 4 is 50.5 Å². The van der Waals surface area contributed by atoms with E-state index in [-0.39, 0.29) is 38.0 Å². The first-order chi connectivity index (χ1) is 23.8. The van der Waals surface area contributed by atoms with Crippen molar-refractivity contribution in [2.45, 2.75) is 61.7 Å². The molecule has 6 rings (SSSR count). The highest BCUT2D eigenvalue weighted by Crippen LogP contribution is 2.53. The minimum atomic E-state index is -4.80. The lowest BCUT2D eigenvalue weighted by Crippen LogP contribution is -2.39. The Hall–Kier alpha value is -3.54. The summed E-state index contributed by atoms with van der Waals surface area (Å²) in [6.07, 6.45) is -11.0. The molecule has 2 aliphatic carbocycles. The zero-order chi connectivity index (χ0) is 37.1. The lowest BCUT2D eigenvalue weighted by atomic mass is 9.82. The summed E-state index contributed by atoms with van der Waals surface area (Å²) in [5.74, 6) is -2.39. The van der Waals surface area contributed by atoms with E-state index in [1.807, 2.05) is 0 Å². The van der Waals surface area contributed by atoms with Gasteiger partial charge in [-0.25, -0.2) is 8.42 Å². The monoisotopic (exact) mass is 777 g/mol. The molecule has 3 atom stereocenters. The van der Waals surface area contributed by atoms with Crippen LogP contribution in [0.2, 0.25) is 10.0 Å². The molecular formula is C33H27Cl2F6N3O6S. The van der Waals surface area contributed by atoms with Crippen molar-refractivity contribution in [1.82, 2.24) is 15.0 Å². The second-order valence-corrected chi connectivity index (χ2v) is 14.9. The van der Waals surface area contributed by atoms with Crippen molar-refractivity contribution in [3.63, 3.8) is 0 Å². The Morgan fingerprint density at radius 1 is 0.961 bits per heavy atom. The molecule has 0 radical (unpaired) electrons. The fourth-order valence-electron chi connectivity index (χ4n) is 6.49. The van der Waals surface area contributed by atoms with Crippen LogP contribution in [-0.4, -0.2) is 56.9 Å². The number of rotatable bonds is 10. The molecule has 1 aromatic heterocycles. The smallest absolute Gasteiger partial charge is 0.356 e. The van der Waals surface area contributed by atoms with Gasteiger partial charge in [-0.15, -0.1) is 0 Å². The molecule has 272 valence electrons. The number of benzene rings is 2. The molecule has 3 aliphatic rings. The van der Waals surface area contributed by atoms with Crippen molar-refractivity contribution in [2.24, 2.45) is 0 Å². The average Bonchev–Trinajstić information content (AvgIpc) is 3.72. The molecule has 0 bridgehead atoms. The van der Waals surface area contributed by atoms with E-state index in [1.165, 1.54) is 36.5 Å². The Labute approximate surface area is 297 Å². The highest BCUT2D eigenvalue weighted by Gasteiger charge is 2.54. The van der Waals surface area contributed by atoms with Gasteiger partial charge in [0.15, 0.2) is 5.78 Å². The third kappa shape index (κ3) is 7.66. The maximum Gasteiger partial charge on any atom is 0.411 e. The Morgan fingerprint density at radius 3 is 2.22 bits per heavy atom. The maximum atomic E-state index is 13.9. The Kier molecular flexibility index (Phi) is 9.82. The van der Waals surface area contributed by atoms with E-state index in [0.29, 0.717) is 29.5 Å². The van der Waals surface area contributed by atoms with Gasteiger partial charge in [-0.3, -0.25) is 24.6 Å². The van der Waals surface area contributed by atoms with Crippen LogP contribution in [0.3, 0.4) is 0 Å². The van der Waals surface area contributed by atoms with E-state index in [4.69, 9.17) is 32.7 Å². The Morgan fingerprint density at radius 2 is 1.61 bits per heavy atom. The number of carbonyl (C=O) groups is 2. The van der Waals surface area contributed by atoms with Gasteiger partial charge in [0.05, 0.1) is 22.9 Å². The second kappa shape index (κ2) is 13.5. The molecule has 1 fully saturated rings. The van der Waals surface area contributed by atoms with E-state index in [1.54, 1.807) is 25.1 Å². The first-order valence-corrected chi connectivity index (χ1v) is 17.7. The molecule has 51 heavy (non-hydrogen) atoms. The average molecular weight is 779 g/mol. The quantitative estimate of drug-likeness (QED) is 0.222. The molecule has 2 aromatic carbocycles. The summed E-state index contributed by atoms with van der Waals surface area (Å²) in [7, 11) is -4.28. The van der Waals surface area contributed by atoms with Crippen LogP contribution < -0.4 is 10.0 Å². The molecule has 1 saturated carbocycles. The minimum Gasteiger partial charge on any atom is -0.356 e. The number of Topliss-reactive ketones (excluding diaryl/α,β-unsaturated/α-hetero) is 1. The molecule has 0 spiro atoms. The van der Waals surface area contributed by atoms with Crippen molar-refractivity contribution in [1.29, 1.82) is 0 Å². The lowest BCUT2D eigenvalue weighted by Gasteiger charge is -2.28. The van der Waals surface area contributed by atoms with Gasteiger partial charge in [-0.05, 0) is 54.7 Å². The summed E-state index contributed by atoms with van der Waals surface area (Å²) in [5.41, 5.74) is -0.444. The van der Waals surface area contributed by atoms with Crippen LogP contribution in [0, 0.1) is 6.92 Å². The molecule has 1 amide bonds. The molecule has 9 nitrogen and oxygen atoms in total. The SMILES string of the molecule is Cc1cc(CS(=O)(=O)NC(=O)C2(c3c(Cl)cccc3Cl)CC2)ccc1C1NC(OCC(F)(F)F)C2=C1C(=O)C(OCC(F)(F)F)c1cccnc12. The number of ketones is 1. The molecule has 3 aromatic rings. The second-order valence-electron chi connectivity index (χ2n) is 12.4. The summed E-state index contributed by atoms with van der Waals surface area (Å²) in [6.45, 7) is -1.95. The predicted molar refractivity (Wildman–Crippen MR) is 172 cm³/mol. The number of sulfonamides is 1. The minimum absolute atomic E-state index is 0.0657. The summed E-state index contributed by atoms with van der Waals surface area (Å²) in [6, 6.07) is 10.4. The molecule has 2 N–H and O–H groups in total. The highest BCUT2D eigenvalue weighted by atomic mass is 35.5. The molecule has 0 saturated heterocycles. The number of hydrogen-bond donors (Lipinski definition) is 2. The zero-order valence-electron chi connectivity index (χ0n) is 26.3. The molecular weight excluding hydrogens is 751 g/mol. The summed E-state index contributed by atoms with van der Waals surface area (Å²) in [4.78, 5) is 31.3. The van der Waals surface area contributed by atoms with Gasteiger partial charge in [0.1, 0.15) is 25.5 Å². The van der Waals surface area contributed by atoms with Gasteiger partial charge < -0.3 is 9.47 Å². The van der Waals surface area contributed by atoms with Crippen LogP contribution in [0.25, 0.3) is 5.57 Å². The Balaban J connectivity index is 1.29. The largest absolute Gasteiger partial charge is 0.411 e. The zero-order valence-corrected chi connectivity index (χ0v) is 28.6. The van der Waals surface area contributed by atoms with Crippen molar-refractivity contribution < 1.29 is 53.8 Å². The van der Waals surface area contributed by atoms with E-state index in [9.17, 15) is 44.3 Å². The van der Waals surface area contributed by atoms with Crippen LogP contribution in [0.4, 0.5) is 26.3 Å². The van der Waals surface area contributed by atoms with E-state index < -0.39 is 76.8 Å². The number of nitrogens with zero attached hydrogens (tertiary/aromatic N) is 1. The van der Waals surface area contributed by atoms with E-state index in [0.717, 1.165) is 0 Å². The molecule has 3 unspecified atom stereocenters. The van der Waals surface area contributed by atoms with Gasteiger partial charge in [0.25, 0.3) is 0 Å². The fraction of sp³-hybridized carbons (Fsp3) is 0.364. The molecule has 2 heterocycles. The van der Waals surface area contributed by atoms with Crippen LogP contribution in [0.1, 0.15) is 58.5 Å². The lowest BCUT2D eigenvalue weighted by molar-refractivity contribution is -0.187. The van der Waals surface area contributed by atoms with Crippen molar-refractivity contribution in [3.8, 4) is 0 Å². The topological polar surface area (TPSA) is 124 Å². The number of hydrogen-bond acceptors (Lipinski definition) is 8. The summed E-state index contributed by atoms with van der Waals surface area (Å²) in [5, 5.41) is 3.28. The predicted octanol–water partition coefficient (Wildman–Crippen LogP) is 6.58. The van der Waals surface area contributed by atoms with Crippen LogP contribution in [-0.2, 0) is 40.3 Å². The van der Waals surface area contributed by atoms with E-state index >= 15 is 0 Å². The Bertz CT molecular complexity index is 2030. The fourth-order valence-corrected chi connectivity index (χ4v) is 8.42. The number of alkyl halides is 6. The van der Waals surface area contributed by atoms with Gasteiger partial charge in [0.2, 0.25) is 15.9 Å². The highest BCUT2D eigenvalue weighted by molar-refractivity contribution is 7.89. The number of ether oxygens (including phenoxy) is 2. The van der Waals surface area contributed by atoms with Crippen LogP contribution >= 0.6 is 23.2 Å². The van der Waals surface area contributed by atoms with Gasteiger partial charge in [-0.1, -0.05) is 53.5 Å². The number of aryl methyl sites for hydroxylation is 1. The van der Waals surface area contributed by atoms with Gasteiger partial charge >= 0.3 is 12.4 Å². The number of nitrogens with one attached hydrogen (secondary N) is 2. The van der Waals surface area contributed by atoms with E-state index in [2.05, 4.69) is 15.0 Å². The first kappa shape index (κ1) is 37.2. The maximum absolute atomic E-state index is 13.9. The molecule has 1 aliphatic heterocycles. The third-order valence-corrected chi connectivity index (χ3v) is 10.6. The standard InChI is InChI=1S/C33H27Cl2F6N3O6S/c1-16-12-17(13-51(47,48)44-30(46)31(9-10-31)24-20(34)5-2-6-21(24)35)7-8-18(16)26-22-23(29(43-26)50-15-33(39,40)41)25-19(4-3-11-42-25)28(27(22)45)49-14-32(36,37)38/h2-8,11-12,26,28-29,43H,9-10,13-15H2,1H3,(H,44,46). The summed E-state index contributed by atoms with van der Waals surface area (Å²) >= 11 is 12.6. The number of carbonyl (C=O) groups excluding carboxylic acids is 2. The van der Waals surface area contributed by atoms with Crippen molar-refractivity contribution in [2.75, 3.05) is 13.2 Å². The van der Waals surface area contributed by atoms with Gasteiger partial charge in [-0.2, -0.15) is 26.3 Å². The van der Waals surface area contributed by atoms with Crippen LogP contribution in [0.5, 0.6) is 0 Å². The number of aromatic nitrogens is 1. The van der Waals surface area contributed by atoms with Gasteiger partial charge in [0, 0.05) is 38.5 Å². The normalized spacial score (nSPS) is 21.4.